The van der Waals surface area contributed by atoms with E-state index in [-0.39, 0.29) is 0 Å². The number of rotatable bonds is 5. The molecule has 0 bridgehead atoms. The number of hydrogen-bond donors (Lipinski definition) is 0. The number of nitrogens with zero attached hydrogens (tertiary/aromatic N) is 1. The van der Waals surface area contributed by atoms with Gasteiger partial charge in [0.1, 0.15) is 0 Å². The van der Waals surface area contributed by atoms with Gasteiger partial charge in [-0.15, -0.1) is 12.3 Å². The van der Waals surface area contributed by atoms with Gasteiger partial charge in [0, 0.05) is 6.42 Å². The molecule has 1 fully saturated rings. The minimum absolute atomic E-state index is 0.655. The molecule has 0 aromatic heterocycles. The third kappa shape index (κ3) is 3.54. The van der Waals surface area contributed by atoms with Crippen molar-refractivity contribution in [2.24, 2.45) is 5.41 Å². The predicted octanol–water partition coefficient (Wildman–Crippen LogP) is 3.30. The monoisotopic (exact) mass is 207 g/mol. The van der Waals surface area contributed by atoms with Crippen molar-refractivity contribution in [1.82, 2.24) is 4.90 Å². The molecule has 0 unspecified atom stereocenters. The van der Waals surface area contributed by atoms with Crippen LogP contribution in [0.4, 0.5) is 0 Å². The quantitative estimate of drug-likeness (QED) is 0.494. The summed E-state index contributed by atoms with van der Waals surface area (Å²) in [5, 5.41) is 0. The summed E-state index contributed by atoms with van der Waals surface area (Å²) in [4.78, 5) is 2.58. The first-order valence-electron chi connectivity index (χ1n) is 6.42. The zero-order valence-electron chi connectivity index (χ0n) is 10.4. The van der Waals surface area contributed by atoms with Crippen LogP contribution < -0.4 is 0 Å². The van der Waals surface area contributed by atoms with Crippen molar-refractivity contribution in [2.45, 2.75) is 52.4 Å². The van der Waals surface area contributed by atoms with E-state index in [9.17, 15) is 0 Å². The highest BCUT2D eigenvalue weighted by Gasteiger charge is 2.30. The fraction of sp³-hybridized carbons (Fsp3) is 0.857. The summed E-state index contributed by atoms with van der Waals surface area (Å²) in [5.41, 5.74) is 0.655. The van der Waals surface area contributed by atoms with Crippen LogP contribution >= 0.6 is 0 Å². The molecule has 1 saturated heterocycles. The third-order valence-electron chi connectivity index (χ3n) is 4.21. The molecule has 15 heavy (non-hydrogen) atoms. The Morgan fingerprint density at radius 1 is 1.20 bits per heavy atom. The van der Waals surface area contributed by atoms with Gasteiger partial charge in [0.15, 0.2) is 0 Å². The molecule has 0 spiro atoms. The molecular formula is C14H25N. The summed E-state index contributed by atoms with van der Waals surface area (Å²) in [6.45, 7) is 8.46. The van der Waals surface area contributed by atoms with Gasteiger partial charge in [-0.2, -0.15) is 0 Å². The topological polar surface area (TPSA) is 3.24 Å². The van der Waals surface area contributed by atoms with Crippen molar-refractivity contribution in [2.75, 3.05) is 19.6 Å². The van der Waals surface area contributed by atoms with Gasteiger partial charge < -0.3 is 4.90 Å². The Morgan fingerprint density at radius 3 is 2.27 bits per heavy atom. The second-order valence-electron chi connectivity index (χ2n) is 4.86. The Hall–Kier alpha value is -0.480. The Kier molecular flexibility index (Phi) is 5.19. The van der Waals surface area contributed by atoms with E-state index in [1.54, 1.807) is 0 Å². The molecule has 1 aliphatic rings. The van der Waals surface area contributed by atoms with Crippen molar-refractivity contribution >= 4 is 0 Å². The number of hydrogen-bond acceptors (Lipinski definition) is 1. The molecule has 0 aliphatic carbocycles. The zero-order chi connectivity index (χ0) is 11.1. The lowest BCUT2D eigenvalue weighted by Gasteiger charge is -2.41. The molecule has 1 nitrogen and oxygen atoms in total. The summed E-state index contributed by atoms with van der Waals surface area (Å²) in [5.74, 6) is 2.72. The highest BCUT2D eigenvalue weighted by atomic mass is 15.1. The lowest BCUT2D eigenvalue weighted by atomic mass is 9.74. The molecule has 1 heteroatoms. The maximum absolute atomic E-state index is 5.26. The zero-order valence-corrected chi connectivity index (χ0v) is 10.4. The Morgan fingerprint density at radius 2 is 1.80 bits per heavy atom. The van der Waals surface area contributed by atoms with Gasteiger partial charge in [0.05, 0.1) is 0 Å². The van der Waals surface area contributed by atoms with Gasteiger partial charge in [0.2, 0.25) is 0 Å². The number of unbranched alkanes of at least 4 members (excludes halogenated alkanes) is 1. The van der Waals surface area contributed by atoms with Gasteiger partial charge in [-0.1, -0.05) is 26.7 Å². The predicted molar refractivity (Wildman–Crippen MR) is 66.8 cm³/mol. The van der Waals surface area contributed by atoms with E-state index in [1.165, 1.54) is 51.7 Å². The summed E-state index contributed by atoms with van der Waals surface area (Å²) in [7, 11) is 0. The van der Waals surface area contributed by atoms with Crippen LogP contribution in [0.5, 0.6) is 0 Å². The Balaban J connectivity index is 2.26. The van der Waals surface area contributed by atoms with E-state index in [0.717, 1.165) is 6.42 Å². The van der Waals surface area contributed by atoms with E-state index < -0.39 is 0 Å². The maximum atomic E-state index is 5.26. The molecule has 0 atom stereocenters. The lowest BCUT2D eigenvalue weighted by molar-refractivity contribution is 0.0950. The lowest BCUT2D eigenvalue weighted by Crippen LogP contribution is -2.39. The van der Waals surface area contributed by atoms with Crippen molar-refractivity contribution in [3.8, 4) is 12.3 Å². The Labute approximate surface area is 95.2 Å². The molecule has 1 rings (SSSR count). The van der Waals surface area contributed by atoms with Gasteiger partial charge in [-0.25, -0.2) is 0 Å². The fourth-order valence-corrected chi connectivity index (χ4v) is 2.61. The van der Waals surface area contributed by atoms with Gasteiger partial charge in [-0.05, 0) is 44.3 Å². The van der Waals surface area contributed by atoms with E-state index in [1.807, 2.05) is 0 Å². The van der Waals surface area contributed by atoms with Gasteiger partial charge in [0.25, 0.3) is 0 Å². The molecule has 1 heterocycles. The fourth-order valence-electron chi connectivity index (χ4n) is 2.61. The molecule has 0 radical (unpaired) electrons. The van der Waals surface area contributed by atoms with Crippen LogP contribution in [-0.4, -0.2) is 24.5 Å². The maximum Gasteiger partial charge on any atom is 0.00982 e. The van der Waals surface area contributed by atoms with Crippen LogP contribution in [0.3, 0.4) is 0 Å². The van der Waals surface area contributed by atoms with Crippen LogP contribution in [0.2, 0.25) is 0 Å². The summed E-state index contributed by atoms with van der Waals surface area (Å²) in [6, 6.07) is 0. The van der Waals surface area contributed by atoms with Crippen LogP contribution in [0.1, 0.15) is 52.4 Å². The average Bonchev–Trinajstić information content (AvgIpc) is 2.31. The van der Waals surface area contributed by atoms with Crippen molar-refractivity contribution in [3.63, 3.8) is 0 Å². The molecule has 86 valence electrons. The molecule has 0 amide bonds. The summed E-state index contributed by atoms with van der Waals surface area (Å²) in [6.07, 6.45) is 12.8. The number of likely N-dealkylation sites (tertiary alicyclic amines) is 1. The minimum Gasteiger partial charge on any atom is -0.303 e. The first-order chi connectivity index (χ1) is 7.26. The molecule has 1 aliphatic heterocycles. The van der Waals surface area contributed by atoms with E-state index in [4.69, 9.17) is 6.42 Å². The van der Waals surface area contributed by atoms with Crippen LogP contribution in [0.25, 0.3) is 0 Å². The highest BCUT2D eigenvalue weighted by Crippen LogP contribution is 2.37. The first kappa shape index (κ1) is 12.6. The van der Waals surface area contributed by atoms with Crippen molar-refractivity contribution in [3.05, 3.63) is 0 Å². The standard InChI is InChI=1S/C14H25N/c1-4-7-8-11-15-12-9-14(5-2,6-3)10-13-15/h1H,5-13H2,2-3H3. The van der Waals surface area contributed by atoms with E-state index >= 15 is 0 Å². The number of piperidine rings is 1. The highest BCUT2D eigenvalue weighted by molar-refractivity contribution is 4.86. The molecule has 0 aromatic rings. The van der Waals surface area contributed by atoms with E-state index in [0.29, 0.717) is 5.41 Å². The van der Waals surface area contributed by atoms with Crippen molar-refractivity contribution in [1.29, 1.82) is 0 Å². The van der Waals surface area contributed by atoms with Crippen LogP contribution in [-0.2, 0) is 0 Å². The third-order valence-corrected chi connectivity index (χ3v) is 4.21. The average molecular weight is 207 g/mol. The summed E-state index contributed by atoms with van der Waals surface area (Å²) < 4.78 is 0. The van der Waals surface area contributed by atoms with Gasteiger partial charge in [-0.3, -0.25) is 0 Å². The first-order valence-corrected chi connectivity index (χ1v) is 6.42. The molecule has 0 aromatic carbocycles. The van der Waals surface area contributed by atoms with Crippen LogP contribution in [0.15, 0.2) is 0 Å². The molecule has 0 N–H and O–H groups in total. The van der Waals surface area contributed by atoms with Crippen LogP contribution in [0, 0.1) is 17.8 Å². The second kappa shape index (κ2) is 6.18. The van der Waals surface area contributed by atoms with Gasteiger partial charge >= 0.3 is 0 Å². The van der Waals surface area contributed by atoms with E-state index in [2.05, 4.69) is 24.7 Å². The summed E-state index contributed by atoms with van der Waals surface area (Å²) >= 11 is 0. The number of terminal acetylenes is 1. The SMILES string of the molecule is C#CCCCN1CCC(CC)(CC)CC1. The smallest absolute Gasteiger partial charge is 0.00982 e. The molecular weight excluding hydrogens is 182 g/mol. The largest absolute Gasteiger partial charge is 0.303 e. The minimum atomic E-state index is 0.655. The Bertz CT molecular complexity index is 200. The van der Waals surface area contributed by atoms with Crippen molar-refractivity contribution < 1.29 is 0 Å². The molecule has 0 saturated carbocycles. The normalized spacial score (nSPS) is 21.1. The second-order valence-corrected chi connectivity index (χ2v) is 4.86.